The number of amides is 1. The molecule has 1 heterocycles. The Labute approximate surface area is 111 Å². The van der Waals surface area contributed by atoms with Crippen molar-refractivity contribution in [2.75, 3.05) is 33.5 Å². The van der Waals surface area contributed by atoms with Crippen LogP contribution in [0, 0.1) is 5.92 Å². The molecule has 0 radical (unpaired) electrons. The van der Waals surface area contributed by atoms with Gasteiger partial charge in [-0.1, -0.05) is 13.8 Å². The zero-order valence-electron chi connectivity index (χ0n) is 12.0. The van der Waals surface area contributed by atoms with Crippen LogP contribution >= 0.6 is 0 Å². The zero-order valence-corrected chi connectivity index (χ0v) is 12.0. The van der Waals surface area contributed by atoms with E-state index < -0.39 is 0 Å². The van der Waals surface area contributed by atoms with Gasteiger partial charge >= 0.3 is 0 Å². The number of nitrogens with zero attached hydrogens (tertiary/aromatic N) is 1. The second kappa shape index (κ2) is 8.48. The van der Waals surface area contributed by atoms with Crippen LogP contribution in [0.1, 0.15) is 39.5 Å². The van der Waals surface area contributed by atoms with Gasteiger partial charge in [0.15, 0.2) is 0 Å². The molecule has 0 aromatic heterocycles. The summed E-state index contributed by atoms with van der Waals surface area (Å²) in [5.41, 5.74) is 0. The van der Waals surface area contributed by atoms with Gasteiger partial charge in [0.05, 0.1) is 6.61 Å². The summed E-state index contributed by atoms with van der Waals surface area (Å²) in [6, 6.07) is 0.343. The van der Waals surface area contributed by atoms with Gasteiger partial charge in [0.1, 0.15) is 0 Å². The molecule has 106 valence electrons. The number of carbonyl (C=O) groups is 1. The number of carbonyl (C=O) groups excluding carboxylic acids is 1. The molecule has 0 unspecified atom stereocenters. The van der Waals surface area contributed by atoms with Crippen molar-refractivity contribution in [2.24, 2.45) is 5.92 Å². The van der Waals surface area contributed by atoms with E-state index in [0.717, 1.165) is 38.9 Å². The standard InChI is InChI=1S/C14H27NO3/c1-4-13(5-2)15(8-11-17-3)14(16)12-6-9-18-10-7-12/h12-13H,4-11H2,1-3H3. The molecule has 1 aliphatic rings. The predicted molar refractivity (Wildman–Crippen MR) is 71.5 cm³/mol. The first-order valence-corrected chi connectivity index (χ1v) is 7.11. The minimum Gasteiger partial charge on any atom is -0.383 e. The van der Waals surface area contributed by atoms with Crippen LogP contribution in [0.15, 0.2) is 0 Å². The molecule has 1 amide bonds. The Bertz CT molecular complexity index is 235. The van der Waals surface area contributed by atoms with Crippen LogP contribution in [0.5, 0.6) is 0 Å². The predicted octanol–water partition coefficient (Wildman–Crippen LogP) is 2.08. The van der Waals surface area contributed by atoms with Crippen molar-refractivity contribution >= 4 is 5.91 Å². The normalized spacial score (nSPS) is 17.1. The van der Waals surface area contributed by atoms with Crippen LogP contribution in [-0.2, 0) is 14.3 Å². The second-order valence-corrected chi connectivity index (χ2v) is 4.88. The van der Waals surface area contributed by atoms with Gasteiger partial charge < -0.3 is 14.4 Å². The fourth-order valence-electron chi connectivity index (χ4n) is 2.57. The van der Waals surface area contributed by atoms with Gasteiger partial charge in [-0.15, -0.1) is 0 Å². The van der Waals surface area contributed by atoms with Crippen LogP contribution in [0.25, 0.3) is 0 Å². The SMILES string of the molecule is CCC(CC)N(CCOC)C(=O)C1CCOCC1. The van der Waals surface area contributed by atoms with Crippen LogP contribution in [0.3, 0.4) is 0 Å². The topological polar surface area (TPSA) is 38.8 Å². The molecule has 18 heavy (non-hydrogen) atoms. The van der Waals surface area contributed by atoms with E-state index in [9.17, 15) is 4.79 Å². The van der Waals surface area contributed by atoms with Crippen molar-refractivity contribution < 1.29 is 14.3 Å². The van der Waals surface area contributed by atoms with E-state index in [1.165, 1.54) is 0 Å². The highest BCUT2D eigenvalue weighted by Crippen LogP contribution is 2.20. The molecule has 0 aromatic carbocycles. The van der Waals surface area contributed by atoms with Crippen molar-refractivity contribution in [3.8, 4) is 0 Å². The molecule has 1 fully saturated rings. The van der Waals surface area contributed by atoms with Crippen molar-refractivity contribution in [3.63, 3.8) is 0 Å². The number of hydrogen-bond donors (Lipinski definition) is 0. The molecule has 0 atom stereocenters. The van der Waals surface area contributed by atoms with Gasteiger partial charge in [-0.05, 0) is 25.7 Å². The largest absolute Gasteiger partial charge is 0.383 e. The summed E-state index contributed by atoms with van der Waals surface area (Å²) in [5, 5.41) is 0. The lowest BCUT2D eigenvalue weighted by atomic mass is 9.97. The number of hydrogen-bond acceptors (Lipinski definition) is 3. The maximum atomic E-state index is 12.6. The van der Waals surface area contributed by atoms with E-state index in [2.05, 4.69) is 13.8 Å². The smallest absolute Gasteiger partial charge is 0.226 e. The molecule has 1 saturated heterocycles. The molecule has 0 spiro atoms. The third-order valence-corrected chi connectivity index (χ3v) is 3.77. The molecule has 0 aromatic rings. The number of rotatable bonds is 7. The summed E-state index contributed by atoms with van der Waals surface area (Å²) in [6.45, 7) is 7.05. The fourth-order valence-corrected chi connectivity index (χ4v) is 2.57. The van der Waals surface area contributed by atoms with Gasteiger partial charge in [0.25, 0.3) is 0 Å². The molecule has 4 nitrogen and oxygen atoms in total. The van der Waals surface area contributed by atoms with E-state index in [-0.39, 0.29) is 5.92 Å². The Morgan fingerprint density at radius 3 is 2.44 bits per heavy atom. The maximum Gasteiger partial charge on any atom is 0.226 e. The van der Waals surface area contributed by atoms with Crippen molar-refractivity contribution in [2.45, 2.75) is 45.6 Å². The van der Waals surface area contributed by atoms with E-state index in [1.54, 1.807) is 7.11 Å². The lowest BCUT2D eigenvalue weighted by Gasteiger charge is -2.34. The van der Waals surface area contributed by atoms with Gasteiger partial charge in [0.2, 0.25) is 5.91 Å². The van der Waals surface area contributed by atoms with Crippen molar-refractivity contribution in [1.82, 2.24) is 4.90 Å². The van der Waals surface area contributed by atoms with Gasteiger partial charge in [-0.25, -0.2) is 0 Å². The fraction of sp³-hybridized carbons (Fsp3) is 0.929. The molecule has 1 aliphatic heterocycles. The Balaban J connectivity index is 2.63. The van der Waals surface area contributed by atoms with Crippen molar-refractivity contribution in [3.05, 3.63) is 0 Å². The first kappa shape index (κ1) is 15.4. The third-order valence-electron chi connectivity index (χ3n) is 3.77. The molecular formula is C14H27NO3. The van der Waals surface area contributed by atoms with E-state index >= 15 is 0 Å². The van der Waals surface area contributed by atoms with Crippen LogP contribution in [0.2, 0.25) is 0 Å². The Hall–Kier alpha value is -0.610. The minimum absolute atomic E-state index is 0.149. The van der Waals surface area contributed by atoms with E-state index in [0.29, 0.717) is 25.1 Å². The Morgan fingerprint density at radius 1 is 1.33 bits per heavy atom. The molecule has 0 N–H and O–H groups in total. The second-order valence-electron chi connectivity index (χ2n) is 4.88. The lowest BCUT2D eigenvalue weighted by molar-refractivity contribution is -0.141. The summed E-state index contributed by atoms with van der Waals surface area (Å²) in [7, 11) is 1.68. The average Bonchev–Trinajstić information content (AvgIpc) is 2.43. The highest BCUT2D eigenvalue weighted by atomic mass is 16.5. The molecular weight excluding hydrogens is 230 g/mol. The molecule has 0 bridgehead atoms. The molecule has 0 saturated carbocycles. The van der Waals surface area contributed by atoms with Gasteiger partial charge in [-0.3, -0.25) is 4.79 Å². The quantitative estimate of drug-likeness (QED) is 0.701. The van der Waals surface area contributed by atoms with Gasteiger partial charge in [0, 0.05) is 38.8 Å². The summed E-state index contributed by atoms with van der Waals surface area (Å²) in [6.07, 6.45) is 3.75. The summed E-state index contributed by atoms with van der Waals surface area (Å²) < 4.78 is 10.5. The van der Waals surface area contributed by atoms with Crippen molar-refractivity contribution in [1.29, 1.82) is 0 Å². The molecule has 4 heteroatoms. The maximum absolute atomic E-state index is 12.6. The first-order chi connectivity index (χ1) is 8.74. The summed E-state index contributed by atoms with van der Waals surface area (Å²) in [5.74, 6) is 0.445. The summed E-state index contributed by atoms with van der Waals surface area (Å²) >= 11 is 0. The number of ether oxygens (including phenoxy) is 2. The highest BCUT2D eigenvalue weighted by molar-refractivity contribution is 5.79. The average molecular weight is 257 g/mol. The van der Waals surface area contributed by atoms with Crippen LogP contribution < -0.4 is 0 Å². The Kier molecular flexibility index (Phi) is 7.28. The number of methoxy groups -OCH3 is 1. The third kappa shape index (κ3) is 4.25. The minimum atomic E-state index is 0.149. The van der Waals surface area contributed by atoms with E-state index in [1.807, 2.05) is 4.90 Å². The Morgan fingerprint density at radius 2 is 1.94 bits per heavy atom. The molecule has 1 rings (SSSR count). The lowest BCUT2D eigenvalue weighted by Crippen LogP contribution is -2.46. The van der Waals surface area contributed by atoms with Crippen LogP contribution in [-0.4, -0.2) is 50.3 Å². The zero-order chi connectivity index (χ0) is 13.4. The molecule has 0 aliphatic carbocycles. The highest BCUT2D eigenvalue weighted by Gasteiger charge is 2.29. The first-order valence-electron chi connectivity index (χ1n) is 7.11. The van der Waals surface area contributed by atoms with Crippen LogP contribution in [0.4, 0.5) is 0 Å². The monoisotopic (exact) mass is 257 g/mol. The summed E-state index contributed by atoms with van der Waals surface area (Å²) in [4.78, 5) is 14.6. The van der Waals surface area contributed by atoms with E-state index in [4.69, 9.17) is 9.47 Å². The van der Waals surface area contributed by atoms with Gasteiger partial charge in [-0.2, -0.15) is 0 Å².